The Bertz CT molecular complexity index is 286. The maximum atomic E-state index is 11.9. The zero-order chi connectivity index (χ0) is 10.6. The number of nitrogens with one attached hydrogen (secondary N) is 1. The highest BCUT2D eigenvalue weighted by Gasteiger charge is 2.28. The van der Waals surface area contributed by atoms with E-state index in [1.165, 1.54) is 24.3 Å². The van der Waals surface area contributed by atoms with Gasteiger partial charge in [-0.05, 0) is 29.5 Å². The average molecular weight is 223 g/mol. The van der Waals surface area contributed by atoms with Crippen molar-refractivity contribution < 1.29 is 18.4 Å². The first-order valence-corrected chi connectivity index (χ1v) is 4.54. The first-order chi connectivity index (χ1) is 6.51. The van der Waals surface area contributed by atoms with Gasteiger partial charge in [0.05, 0.1) is 0 Å². The summed E-state index contributed by atoms with van der Waals surface area (Å²) in [6.45, 7) is 0.219. The van der Waals surface area contributed by atoms with E-state index in [1.54, 1.807) is 0 Å². The van der Waals surface area contributed by atoms with E-state index in [1.807, 2.05) is 5.48 Å². The van der Waals surface area contributed by atoms with Crippen molar-refractivity contribution in [3.8, 4) is 0 Å². The highest BCUT2D eigenvalue weighted by atomic mass is 32.2. The van der Waals surface area contributed by atoms with Gasteiger partial charge in [0.1, 0.15) is 0 Å². The Morgan fingerprint density at radius 3 is 2.21 bits per heavy atom. The van der Waals surface area contributed by atoms with Crippen molar-refractivity contribution in [3.63, 3.8) is 0 Å². The molecule has 0 bridgehead atoms. The number of hydroxylamine groups is 1. The largest absolute Gasteiger partial charge is 0.446 e. The predicted molar refractivity (Wildman–Crippen MR) is 47.0 cm³/mol. The molecule has 0 saturated heterocycles. The average Bonchev–Trinajstić information content (AvgIpc) is 2.06. The quantitative estimate of drug-likeness (QED) is 0.610. The van der Waals surface area contributed by atoms with E-state index in [4.69, 9.17) is 5.21 Å². The molecule has 0 aliphatic rings. The molecule has 78 valence electrons. The smallest absolute Gasteiger partial charge is 0.316 e. The Balaban J connectivity index is 2.64. The minimum Gasteiger partial charge on any atom is -0.316 e. The van der Waals surface area contributed by atoms with Crippen LogP contribution in [-0.2, 0) is 6.54 Å². The van der Waals surface area contributed by atoms with E-state index in [0.717, 1.165) is 5.56 Å². The molecule has 0 amide bonds. The number of benzene rings is 1. The van der Waals surface area contributed by atoms with Crippen LogP contribution in [0.15, 0.2) is 29.2 Å². The van der Waals surface area contributed by atoms with E-state index in [-0.39, 0.29) is 23.2 Å². The zero-order valence-electron chi connectivity index (χ0n) is 7.01. The van der Waals surface area contributed by atoms with Gasteiger partial charge >= 0.3 is 5.51 Å². The third-order valence-corrected chi connectivity index (χ3v) is 2.18. The van der Waals surface area contributed by atoms with Crippen LogP contribution in [0.5, 0.6) is 0 Å². The fourth-order valence-electron chi connectivity index (χ4n) is 0.900. The molecular formula is C8H8F3NOS. The molecule has 0 aromatic heterocycles. The Kier molecular flexibility index (Phi) is 3.79. The molecule has 1 aromatic rings. The number of hydrogen-bond donors (Lipinski definition) is 2. The van der Waals surface area contributed by atoms with E-state index < -0.39 is 5.51 Å². The number of thioether (sulfide) groups is 1. The monoisotopic (exact) mass is 223 g/mol. The third-order valence-electron chi connectivity index (χ3n) is 1.44. The van der Waals surface area contributed by atoms with Gasteiger partial charge in [-0.25, -0.2) is 5.48 Å². The summed E-state index contributed by atoms with van der Waals surface area (Å²) >= 11 is -0.155. The van der Waals surface area contributed by atoms with Gasteiger partial charge in [0.15, 0.2) is 0 Å². The lowest BCUT2D eigenvalue weighted by Crippen LogP contribution is -2.05. The molecule has 0 fully saturated rings. The summed E-state index contributed by atoms with van der Waals surface area (Å²) in [5.41, 5.74) is -1.61. The van der Waals surface area contributed by atoms with Crippen LogP contribution in [-0.4, -0.2) is 10.7 Å². The summed E-state index contributed by atoms with van der Waals surface area (Å²) in [5.74, 6) is 0. The van der Waals surface area contributed by atoms with Crippen LogP contribution < -0.4 is 5.48 Å². The molecule has 0 spiro atoms. The normalized spacial score (nSPS) is 11.7. The van der Waals surface area contributed by atoms with Crippen molar-refractivity contribution >= 4 is 11.8 Å². The Morgan fingerprint density at radius 1 is 1.21 bits per heavy atom. The van der Waals surface area contributed by atoms with Crippen LogP contribution in [0.3, 0.4) is 0 Å². The Labute approximate surface area is 83.1 Å². The SMILES string of the molecule is ONCc1ccc(SC(F)(F)F)cc1. The lowest BCUT2D eigenvalue weighted by Gasteiger charge is -2.05. The molecule has 0 saturated carbocycles. The Hall–Kier alpha value is -0.720. The molecule has 0 heterocycles. The molecule has 2 N–H and O–H groups in total. The fraction of sp³-hybridized carbons (Fsp3) is 0.250. The second-order valence-corrected chi connectivity index (χ2v) is 3.67. The minimum absolute atomic E-state index is 0.138. The van der Waals surface area contributed by atoms with Gasteiger partial charge in [-0.15, -0.1) is 0 Å². The molecule has 0 atom stereocenters. The van der Waals surface area contributed by atoms with E-state index in [9.17, 15) is 13.2 Å². The van der Waals surface area contributed by atoms with Crippen LogP contribution >= 0.6 is 11.8 Å². The fourth-order valence-corrected chi connectivity index (χ4v) is 1.44. The highest BCUT2D eigenvalue weighted by Crippen LogP contribution is 2.36. The van der Waals surface area contributed by atoms with Crippen LogP contribution in [0.4, 0.5) is 13.2 Å². The van der Waals surface area contributed by atoms with Gasteiger partial charge in [-0.3, -0.25) is 0 Å². The number of alkyl halides is 3. The van der Waals surface area contributed by atoms with Crippen molar-refractivity contribution in [1.82, 2.24) is 5.48 Å². The van der Waals surface area contributed by atoms with Crippen LogP contribution in [0.2, 0.25) is 0 Å². The van der Waals surface area contributed by atoms with Crippen LogP contribution in [0.1, 0.15) is 5.56 Å². The molecule has 2 nitrogen and oxygen atoms in total. The third kappa shape index (κ3) is 3.99. The molecule has 14 heavy (non-hydrogen) atoms. The summed E-state index contributed by atoms with van der Waals surface area (Å²) < 4.78 is 35.7. The first kappa shape index (κ1) is 11.4. The van der Waals surface area contributed by atoms with Gasteiger partial charge in [-0.1, -0.05) is 12.1 Å². The summed E-state index contributed by atoms with van der Waals surface area (Å²) in [6.07, 6.45) is 0. The van der Waals surface area contributed by atoms with E-state index in [0.29, 0.717) is 0 Å². The summed E-state index contributed by atoms with van der Waals surface area (Å²) in [7, 11) is 0. The number of rotatable bonds is 3. The topological polar surface area (TPSA) is 32.3 Å². The van der Waals surface area contributed by atoms with E-state index in [2.05, 4.69) is 0 Å². The van der Waals surface area contributed by atoms with Crippen LogP contribution in [0.25, 0.3) is 0 Å². The molecular weight excluding hydrogens is 215 g/mol. The maximum absolute atomic E-state index is 11.9. The van der Waals surface area contributed by atoms with Crippen molar-refractivity contribution in [2.24, 2.45) is 0 Å². The summed E-state index contributed by atoms with van der Waals surface area (Å²) in [5, 5.41) is 8.34. The highest BCUT2D eigenvalue weighted by molar-refractivity contribution is 8.00. The number of hydrogen-bond acceptors (Lipinski definition) is 3. The van der Waals surface area contributed by atoms with Gasteiger partial charge in [-0.2, -0.15) is 13.2 Å². The summed E-state index contributed by atoms with van der Waals surface area (Å²) in [6, 6.07) is 5.78. The van der Waals surface area contributed by atoms with Gasteiger partial charge < -0.3 is 5.21 Å². The zero-order valence-corrected chi connectivity index (χ0v) is 7.82. The molecule has 1 rings (SSSR count). The van der Waals surface area contributed by atoms with Crippen molar-refractivity contribution in [1.29, 1.82) is 0 Å². The Morgan fingerprint density at radius 2 is 1.79 bits per heavy atom. The maximum Gasteiger partial charge on any atom is 0.446 e. The molecule has 0 aliphatic carbocycles. The molecule has 1 aromatic carbocycles. The van der Waals surface area contributed by atoms with E-state index >= 15 is 0 Å². The molecule has 0 unspecified atom stereocenters. The molecule has 0 radical (unpaired) electrons. The second kappa shape index (κ2) is 4.68. The molecule has 6 heteroatoms. The summed E-state index contributed by atoms with van der Waals surface area (Å²) in [4.78, 5) is 0.138. The second-order valence-electron chi connectivity index (χ2n) is 2.53. The number of halogens is 3. The van der Waals surface area contributed by atoms with Gasteiger partial charge in [0, 0.05) is 11.4 Å². The lowest BCUT2D eigenvalue weighted by atomic mass is 10.2. The van der Waals surface area contributed by atoms with Crippen LogP contribution in [0, 0.1) is 0 Å². The minimum atomic E-state index is -4.25. The van der Waals surface area contributed by atoms with Gasteiger partial charge in [0.2, 0.25) is 0 Å². The molecule has 0 aliphatic heterocycles. The van der Waals surface area contributed by atoms with Crippen molar-refractivity contribution in [2.45, 2.75) is 16.9 Å². The first-order valence-electron chi connectivity index (χ1n) is 3.73. The lowest BCUT2D eigenvalue weighted by molar-refractivity contribution is -0.0328. The van der Waals surface area contributed by atoms with Crippen molar-refractivity contribution in [3.05, 3.63) is 29.8 Å². The predicted octanol–water partition coefficient (Wildman–Crippen LogP) is 2.78. The van der Waals surface area contributed by atoms with Gasteiger partial charge in [0.25, 0.3) is 0 Å². The van der Waals surface area contributed by atoms with Crippen molar-refractivity contribution in [2.75, 3.05) is 0 Å². The standard InChI is InChI=1S/C8H8F3NOS/c9-8(10,11)14-7-3-1-6(2-4-7)5-12-13/h1-4,12-13H,5H2.